The zero-order chi connectivity index (χ0) is 12.5. The average Bonchev–Trinajstić information content (AvgIpc) is 2.15. The fraction of sp³-hybridized carbons (Fsp3) is 0.286. The van der Waals surface area contributed by atoms with Gasteiger partial charge in [-0.25, -0.2) is 0 Å². The molecule has 0 bridgehead atoms. The first-order chi connectivity index (χ1) is 7.23. The van der Waals surface area contributed by atoms with Crippen molar-refractivity contribution in [2.75, 3.05) is 0 Å². The highest BCUT2D eigenvalue weighted by Crippen LogP contribution is 2.39. The fourth-order valence-electron chi connectivity index (χ4n) is 0.934. The Morgan fingerprint density at radius 2 is 1.88 bits per heavy atom. The van der Waals surface area contributed by atoms with Gasteiger partial charge in [-0.05, 0) is 22.0 Å². The molecule has 1 heterocycles. The summed E-state index contributed by atoms with van der Waals surface area (Å²) in [6.07, 6.45) is 0. The Kier molecular flexibility index (Phi) is 4.49. The molecule has 0 unspecified atom stereocenters. The molecular weight excluding hydrogens is 321 g/mol. The Hall–Kier alpha value is -0.000000000000000111. The lowest BCUT2D eigenvalue weighted by Crippen LogP contribution is -2.07. The lowest BCUT2D eigenvalue weighted by molar-refractivity contribution is -0.390. The molecule has 0 radical (unpaired) electrons. The Balaban J connectivity index is 3.34. The molecule has 0 N–H and O–H groups in total. The largest absolute Gasteiger partial charge is 0.369 e. The maximum atomic E-state index is 10.7. The van der Waals surface area contributed by atoms with Crippen molar-refractivity contribution in [1.29, 1.82) is 0 Å². The molecule has 16 heavy (non-hydrogen) atoms. The Morgan fingerprint density at radius 1 is 1.31 bits per heavy atom. The van der Waals surface area contributed by atoms with Crippen LogP contribution in [0.25, 0.3) is 0 Å². The van der Waals surface area contributed by atoms with Gasteiger partial charge in [-0.1, -0.05) is 58.0 Å². The molecule has 0 amide bonds. The van der Waals surface area contributed by atoms with Crippen LogP contribution in [0.3, 0.4) is 0 Å². The average molecular weight is 324 g/mol. The molecule has 0 fully saturated rings. The van der Waals surface area contributed by atoms with Crippen molar-refractivity contribution in [2.45, 2.75) is 8.63 Å². The van der Waals surface area contributed by atoms with Crippen LogP contribution >= 0.6 is 58.0 Å². The van der Waals surface area contributed by atoms with Gasteiger partial charge in [-0.2, -0.15) is 0 Å². The van der Waals surface area contributed by atoms with Crippen molar-refractivity contribution in [3.05, 3.63) is 33.5 Å². The van der Waals surface area contributed by atoms with Gasteiger partial charge in [0.1, 0.15) is 4.84 Å². The lowest BCUT2D eigenvalue weighted by atomic mass is 10.2. The summed E-state index contributed by atoms with van der Waals surface area (Å²) >= 11 is 27.7. The number of hydrogen-bond acceptors (Lipinski definition) is 3. The fourth-order valence-corrected chi connectivity index (χ4v) is 1.59. The van der Waals surface area contributed by atoms with Crippen LogP contribution in [0.4, 0.5) is 5.82 Å². The predicted molar refractivity (Wildman–Crippen MR) is 64.6 cm³/mol. The molecule has 88 valence electrons. The molecule has 0 saturated carbocycles. The molecule has 0 aliphatic rings. The van der Waals surface area contributed by atoms with Crippen LogP contribution in [-0.2, 0) is 3.79 Å². The van der Waals surface area contributed by atoms with Crippen molar-refractivity contribution >= 4 is 63.8 Å². The van der Waals surface area contributed by atoms with Gasteiger partial charge >= 0.3 is 5.82 Å². The topological polar surface area (TPSA) is 56.0 Å². The van der Waals surface area contributed by atoms with E-state index in [9.17, 15) is 10.1 Å². The first-order valence-electron chi connectivity index (χ1n) is 3.74. The molecule has 0 atom stereocenters. The highest BCUT2D eigenvalue weighted by molar-refractivity contribution is 6.66. The first kappa shape index (κ1) is 14.1. The second-order valence-electron chi connectivity index (χ2n) is 2.66. The number of nitro groups is 1. The van der Waals surface area contributed by atoms with Crippen LogP contribution in [0.1, 0.15) is 16.1 Å². The molecule has 0 aliphatic carbocycles. The van der Waals surface area contributed by atoms with E-state index in [2.05, 4.69) is 4.98 Å². The van der Waals surface area contributed by atoms with Crippen LogP contribution in [0.5, 0.6) is 0 Å². The molecule has 9 heteroatoms. The van der Waals surface area contributed by atoms with Gasteiger partial charge in [-0.3, -0.25) is 0 Å². The summed E-state index contributed by atoms with van der Waals surface area (Å²) in [5, 5.41) is 10.7. The SMILES string of the molecule is O=[N+]([O-])c1nc(C(Cl)(Cl)Cl)ccc1C(Cl)Cl. The van der Waals surface area contributed by atoms with E-state index in [4.69, 9.17) is 58.0 Å². The van der Waals surface area contributed by atoms with Crippen molar-refractivity contribution in [1.82, 2.24) is 4.98 Å². The zero-order valence-corrected chi connectivity index (χ0v) is 11.1. The lowest BCUT2D eigenvalue weighted by Gasteiger charge is -2.08. The minimum Gasteiger partial charge on any atom is -0.358 e. The van der Waals surface area contributed by atoms with Gasteiger partial charge in [0.2, 0.25) is 5.69 Å². The van der Waals surface area contributed by atoms with E-state index in [1.807, 2.05) is 0 Å². The third-order valence-corrected chi connectivity index (χ3v) is 2.65. The van der Waals surface area contributed by atoms with Gasteiger partial charge in [0.05, 0.1) is 5.56 Å². The molecule has 1 rings (SSSR count). The van der Waals surface area contributed by atoms with E-state index >= 15 is 0 Å². The standard InChI is InChI=1S/C7H3Cl5N2O2/c8-5(9)3-1-2-4(7(10,11)12)13-6(3)14(15)16/h1-2,5H. The summed E-state index contributed by atoms with van der Waals surface area (Å²) in [6.45, 7) is 0. The maximum Gasteiger partial charge on any atom is 0.369 e. The number of aromatic nitrogens is 1. The Labute approximate surface area is 116 Å². The third kappa shape index (κ3) is 3.25. The second kappa shape index (κ2) is 5.10. The molecule has 0 saturated heterocycles. The van der Waals surface area contributed by atoms with Gasteiger partial charge in [-0.15, -0.1) is 0 Å². The van der Waals surface area contributed by atoms with E-state index < -0.39 is 19.4 Å². The first-order valence-corrected chi connectivity index (χ1v) is 5.75. The quantitative estimate of drug-likeness (QED) is 0.463. The molecule has 1 aromatic heterocycles. The van der Waals surface area contributed by atoms with E-state index in [0.29, 0.717) is 0 Å². The number of hydrogen-bond donors (Lipinski definition) is 0. The number of halogens is 5. The molecule has 4 nitrogen and oxygen atoms in total. The van der Waals surface area contributed by atoms with Crippen LogP contribution in [0, 0.1) is 10.1 Å². The molecule has 1 aromatic rings. The summed E-state index contributed by atoms with van der Waals surface area (Å²) in [6, 6.07) is 2.61. The third-order valence-electron chi connectivity index (χ3n) is 1.60. The highest BCUT2D eigenvalue weighted by Gasteiger charge is 2.32. The number of alkyl halides is 5. The Bertz CT molecular complexity index is 418. The van der Waals surface area contributed by atoms with Crippen LogP contribution in [0.15, 0.2) is 12.1 Å². The van der Waals surface area contributed by atoms with E-state index in [1.54, 1.807) is 0 Å². The summed E-state index contributed by atoms with van der Waals surface area (Å²) in [4.78, 5) is 12.5. The number of rotatable bonds is 2. The zero-order valence-electron chi connectivity index (χ0n) is 7.33. The van der Waals surface area contributed by atoms with Crippen LogP contribution < -0.4 is 0 Å². The highest BCUT2D eigenvalue weighted by atomic mass is 35.6. The van der Waals surface area contributed by atoms with Crippen molar-refractivity contribution in [2.24, 2.45) is 0 Å². The summed E-state index contributed by atoms with van der Waals surface area (Å²) in [5.74, 6) is -0.529. The smallest absolute Gasteiger partial charge is 0.358 e. The van der Waals surface area contributed by atoms with Crippen LogP contribution in [-0.4, -0.2) is 9.91 Å². The summed E-state index contributed by atoms with van der Waals surface area (Å²) in [7, 11) is 0. The second-order valence-corrected chi connectivity index (χ2v) is 6.04. The van der Waals surface area contributed by atoms with Crippen molar-refractivity contribution in [3.8, 4) is 0 Å². The Morgan fingerprint density at radius 3 is 2.25 bits per heavy atom. The summed E-state index contributed by atoms with van der Waals surface area (Å²) in [5.41, 5.74) is -0.0201. The molecule has 0 aromatic carbocycles. The van der Waals surface area contributed by atoms with Crippen LogP contribution in [0.2, 0.25) is 0 Å². The minimum absolute atomic E-state index is 0.0475. The molecule has 0 aliphatic heterocycles. The van der Waals surface area contributed by atoms with Gasteiger partial charge < -0.3 is 10.1 Å². The monoisotopic (exact) mass is 322 g/mol. The minimum atomic E-state index is -1.84. The van der Waals surface area contributed by atoms with Gasteiger partial charge in [0.15, 0.2) is 0 Å². The maximum absolute atomic E-state index is 10.7. The summed E-state index contributed by atoms with van der Waals surface area (Å²) < 4.78 is -1.84. The normalized spacial score (nSPS) is 11.9. The number of nitrogens with zero attached hydrogens (tertiary/aromatic N) is 2. The van der Waals surface area contributed by atoms with Gasteiger partial charge in [0, 0.05) is 0 Å². The predicted octanol–water partition coefficient (Wildman–Crippen LogP) is 4.29. The van der Waals surface area contributed by atoms with E-state index in [0.717, 1.165) is 0 Å². The van der Waals surface area contributed by atoms with Crippen molar-refractivity contribution in [3.63, 3.8) is 0 Å². The van der Waals surface area contributed by atoms with E-state index in [1.165, 1.54) is 12.1 Å². The van der Waals surface area contributed by atoms with Gasteiger partial charge in [0.25, 0.3) is 3.79 Å². The molecule has 0 spiro atoms. The van der Waals surface area contributed by atoms with E-state index in [-0.39, 0.29) is 11.3 Å². The number of pyridine rings is 1. The van der Waals surface area contributed by atoms with Crippen molar-refractivity contribution < 1.29 is 4.92 Å². The molecular formula is C7H3Cl5N2O2.